The van der Waals surface area contributed by atoms with E-state index in [9.17, 15) is 14.7 Å². The van der Waals surface area contributed by atoms with Gasteiger partial charge in [0.1, 0.15) is 6.04 Å². The number of nitrogens with one attached hydrogen (secondary N) is 2. The second-order valence-corrected chi connectivity index (χ2v) is 6.70. The molecular formula is C21H22N2O3. The molecule has 0 aliphatic rings. The summed E-state index contributed by atoms with van der Waals surface area (Å²) in [6, 6.07) is 14.0. The van der Waals surface area contributed by atoms with Crippen molar-refractivity contribution >= 4 is 22.8 Å². The molecule has 0 fully saturated rings. The summed E-state index contributed by atoms with van der Waals surface area (Å²) in [5.41, 5.74) is 3.40. The van der Waals surface area contributed by atoms with Crippen LogP contribution in [0.25, 0.3) is 10.9 Å². The molecule has 3 aromatic rings. The van der Waals surface area contributed by atoms with E-state index in [0.717, 1.165) is 22.0 Å². The minimum atomic E-state index is -1.05. The normalized spacial score (nSPS) is 12.3. The number of carboxylic acid groups (broad SMARTS) is 1. The molecule has 0 saturated heterocycles. The van der Waals surface area contributed by atoms with Gasteiger partial charge in [0.05, 0.1) is 0 Å². The van der Waals surface area contributed by atoms with Crippen molar-refractivity contribution in [2.45, 2.75) is 32.2 Å². The van der Waals surface area contributed by atoms with Crippen molar-refractivity contribution in [1.82, 2.24) is 10.3 Å². The van der Waals surface area contributed by atoms with E-state index in [2.05, 4.69) is 24.1 Å². The molecule has 1 aromatic heterocycles. The molecule has 26 heavy (non-hydrogen) atoms. The molecule has 5 nitrogen and oxygen atoms in total. The van der Waals surface area contributed by atoms with Crippen molar-refractivity contribution in [2.75, 3.05) is 0 Å². The molecule has 134 valence electrons. The lowest BCUT2D eigenvalue weighted by Crippen LogP contribution is -2.42. The Labute approximate surface area is 152 Å². The third-order valence-corrected chi connectivity index (χ3v) is 4.54. The average molecular weight is 350 g/mol. The fourth-order valence-electron chi connectivity index (χ4n) is 2.98. The van der Waals surface area contributed by atoms with Crippen LogP contribution in [0, 0.1) is 0 Å². The molecule has 0 aliphatic carbocycles. The Balaban J connectivity index is 1.76. The van der Waals surface area contributed by atoms with Gasteiger partial charge in [-0.05, 0) is 35.2 Å². The van der Waals surface area contributed by atoms with Gasteiger partial charge in [-0.15, -0.1) is 0 Å². The highest BCUT2D eigenvalue weighted by molar-refractivity contribution is 5.97. The number of rotatable bonds is 6. The van der Waals surface area contributed by atoms with Crippen molar-refractivity contribution in [2.24, 2.45) is 0 Å². The molecule has 0 aliphatic heterocycles. The zero-order valence-electron chi connectivity index (χ0n) is 14.8. The van der Waals surface area contributed by atoms with Crippen LogP contribution in [-0.4, -0.2) is 28.0 Å². The minimum absolute atomic E-state index is 0.217. The SMILES string of the molecule is CC(C)c1ccc(C(=O)NC(Cc2c[nH]c3ccccc23)C(=O)O)cc1. The van der Waals surface area contributed by atoms with Gasteiger partial charge >= 0.3 is 5.97 Å². The molecule has 3 N–H and O–H groups in total. The third kappa shape index (κ3) is 3.77. The number of aromatic nitrogens is 1. The first-order valence-corrected chi connectivity index (χ1v) is 8.64. The lowest BCUT2D eigenvalue weighted by atomic mass is 10.0. The van der Waals surface area contributed by atoms with Crippen molar-refractivity contribution in [3.8, 4) is 0 Å². The predicted molar refractivity (Wildman–Crippen MR) is 101 cm³/mol. The van der Waals surface area contributed by atoms with E-state index in [4.69, 9.17) is 0 Å². The van der Waals surface area contributed by atoms with Crippen LogP contribution in [-0.2, 0) is 11.2 Å². The fraction of sp³-hybridized carbons (Fsp3) is 0.238. The number of hydrogen-bond donors (Lipinski definition) is 3. The highest BCUT2D eigenvalue weighted by Gasteiger charge is 2.22. The van der Waals surface area contributed by atoms with Crippen molar-refractivity contribution in [1.29, 1.82) is 0 Å². The van der Waals surface area contributed by atoms with Crippen molar-refractivity contribution in [3.63, 3.8) is 0 Å². The second-order valence-electron chi connectivity index (χ2n) is 6.70. The fourth-order valence-corrected chi connectivity index (χ4v) is 2.98. The largest absolute Gasteiger partial charge is 0.480 e. The van der Waals surface area contributed by atoms with Crippen LogP contribution in [0.5, 0.6) is 0 Å². The molecule has 2 aromatic carbocycles. The van der Waals surface area contributed by atoms with Crippen LogP contribution in [0.1, 0.15) is 41.3 Å². The van der Waals surface area contributed by atoms with E-state index in [1.807, 2.05) is 36.4 Å². The summed E-state index contributed by atoms with van der Waals surface area (Å²) in [4.78, 5) is 27.2. The first kappa shape index (κ1) is 17.7. The maximum absolute atomic E-state index is 12.5. The number of fused-ring (bicyclic) bond motifs is 1. The van der Waals surface area contributed by atoms with Gasteiger partial charge in [-0.25, -0.2) is 4.79 Å². The van der Waals surface area contributed by atoms with E-state index in [0.29, 0.717) is 11.5 Å². The number of aromatic amines is 1. The van der Waals surface area contributed by atoms with Crippen LogP contribution < -0.4 is 5.32 Å². The first-order valence-electron chi connectivity index (χ1n) is 8.64. The van der Waals surface area contributed by atoms with Crippen LogP contribution in [0.2, 0.25) is 0 Å². The number of hydrogen-bond acceptors (Lipinski definition) is 2. The molecule has 1 unspecified atom stereocenters. The molecule has 1 atom stereocenters. The Bertz CT molecular complexity index is 926. The monoisotopic (exact) mass is 350 g/mol. The number of carbonyl (C=O) groups is 2. The van der Waals surface area contributed by atoms with Gasteiger partial charge < -0.3 is 15.4 Å². The van der Waals surface area contributed by atoms with Gasteiger partial charge in [-0.2, -0.15) is 0 Å². The first-order chi connectivity index (χ1) is 12.5. The van der Waals surface area contributed by atoms with Crippen LogP contribution in [0.15, 0.2) is 54.7 Å². The van der Waals surface area contributed by atoms with Gasteiger partial charge in [0.25, 0.3) is 5.91 Å². The standard InChI is InChI=1S/C21H22N2O3/c1-13(2)14-7-9-15(10-8-14)20(24)23-19(21(25)26)11-16-12-22-18-6-4-3-5-17(16)18/h3-10,12-13,19,22H,11H2,1-2H3,(H,23,24)(H,25,26). The number of carboxylic acids is 1. The third-order valence-electron chi connectivity index (χ3n) is 4.54. The Morgan fingerprint density at radius 2 is 1.77 bits per heavy atom. The van der Waals surface area contributed by atoms with Gasteiger partial charge in [0.2, 0.25) is 0 Å². The van der Waals surface area contributed by atoms with E-state index in [1.165, 1.54) is 0 Å². The van der Waals surface area contributed by atoms with Gasteiger partial charge in [0.15, 0.2) is 0 Å². The van der Waals surface area contributed by atoms with Crippen molar-refractivity contribution in [3.05, 3.63) is 71.4 Å². The van der Waals surface area contributed by atoms with Crippen molar-refractivity contribution < 1.29 is 14.7 Å². The molecule has 1 heterocycles. The summed E-state index contributed by atoms with van der Waals surface area (Å²) in [5.74, 6) is -1.06. The van der Waals surface area contributed by atoms with E-state index in [1.54, 1.807) is 18.3 Å². The van der Waals surface area contributed by atoms with E-state index >= 15 is 0 Å². The topological polar surface area (TPSA) is 82.2 Å². The number of benzene rings is 2. The smallest absolute Gasteiger partial charge is 0.326 e. The van der Waals surface area contributed by atoms with Gasteiger partial charge in [0, 0.05) is 29.1 Å². The maximum atomic E-state index is 12.5. The zero-order chi connectivity index (χ0) is 18.7. The lowest BCUT2D eigenvalue weighted by Gasteiger charge is -2.15. The highest BCUT2D eigenvalue weighted by Crippen LogP contribution is 2.19. The summed E-state index contributed by atoms with van der Waals surface area (Å²) >= 11 is 0. The van der Waals surface area contributed by atoms with Crippen LogP contribution in [0.3, 0.4) is 0 Å². The minimum Gasteiger partial charge on any atom is -0.480 e. The lowest BCUT2D eigenvalue weighted by molar-refractivity contribution is -0.139. The zero-order valence-corrected chi connectivity index (χ0v) is 14.8. The molecule has 1 amide bonds. The molecule has 0 saturated carbocycles. The quantitative estimate of drug-likeness (QED) is 0.634. The second kappa shape index (κ2) is 7.44. The Kier molecular flexibility index (Phi) is 5.07. The molecule has 5 heteroatoms. The number of carbonyl (C=O) groups excluding carboxylic acids is 1. The van der Waals surface area contributed by atoms with E-state index in [-0.39, 0.29) is 12.3 Å². The number of aliphatic carboxylic acids is 1. The molecule has 0 spiro atoms. The molecular weight excluding hydrogens is 328 g/mol. The number of H-pyrrole nitrogens is 1. The van der Waals surface area contributed by atoms with Gasteiger partial charge in [-0.1, -0.05) is 44.2 Å². The Morgan fingerprint density at radius 3 is 2.42 bits per heavy atom. The van der Waals surface area contributed by atoms with Gasteiger partial charge in [-0.3, -0.25) is 4.79 Å². The average Bonchev–Trinajstić information content (AvgIpc) is 3.04. The molecule has 3 rings (SSSR count). The summed E-state index contributed by atoms with van der Waals surface area (Å²) in [6.07, 6.45) is 2.01. The predicted octanol–water partition coefficient (Wildman–Crippen LogP) is 3.72. The summed E-state index contributed by atoms with van der Waals surface area (Å²) in [5, 5.41) is 13.1. The number of amides is 1. The Morgan fingerprint density at radius 1 is 1.08 bits per heavy atom. The maximum Gasteiger partial charge on any atom is 0.326 e. The molecule has 0 bridgehead atoms. The number of para-hydroxylation sites is 1. The Hall–Kier alpha value is -3.08. The molecule has 0 radical (unpaired) electrons. The highest BCUT2D eigenvalue weighted by atomic mass is 16.4. The summed E-state index contributed by atoms with van der Waals surface area (Å²) in [6.45, 7) is 4.16. The van der Waals surface area contributed by atoms with Crippen LogP contribution >= 0.6 is 0 Å². The summed E-state index contributed by atoms with van der Waals surface area (Å²) in [7, 11) is 0. The summed E-state index contributed by atoms with van der Waals surface area (Å²) < 4.78 is 0. The van der Waals surface area contributed by atoms with E-state index < -0.39 is 12.0 Å². The van der Waals surface area contributed by atoms with Crippen LogP contribution in [0.4, 0.5) is 0 Å².